The number of carbonyl (C=O) groups is 1. The lowest BCUT2D eigenvalue weighted by Gasteiger charge is -2.08. The fraction of sp³-hybridized carbons (Fsp3) is 0.350. The highest BCUT2D eigenvalue weighted by Gasteiger charge is 2.16. The number of amides is 1. The van der Waals surface area contributed by atoms with Gasteiger partial charge >= 0.3 is 0 Å². The lowest BCUT2D eigenvalue weighted by atomic mass is 10.1. The van der Waals surface area contributed by atoms with Gasteiger partial charge in [-0.3, -0.25) is 4.79 Å². The molecule has 1 amide bonds. The van der Waals surface area contributed by atoms with Crippen molar-refractivity contribution in [3.63, 3.8) is 0 Å². The molecule has 0 atom stereocenters. The maximum Gasteiger partial charge on any atom is 0.235 e. The fourth-order valence-corrected chi connectivity index (χ4v) is 3.89. The molecular formula is C20H25NO4S. The lowest BCUT2D eigenvalue weighted by Crippen LogP contribution is -2.31. The highest BCUT2D eigenvalue weighted by molar-refractivity contribution is 7.92. The van der Waals surface area contributed by atoms with Crippen LogP contribution < -0.4 is 5.32 Å². The van der Waals surface area contributed by atoms with Crippen molar-refractivity contribution >= 4 is 15.7 Å². The van der Waals surface area contributed by atoms with Crippen molar-refractivity contribution in [1.82, 2.24) is 5.32 Å². The highest BCUT2D eigenvalue weighted by atomic mass is 32.2. The third kappa shape index (κ3) is 7.37. The SMILES string of the molecule is COCc1cccc(CNC(=O)CS(=O)(=O)CCCc2ccccc2)c1. The van der Waals surface area contributed by atoms with Gasteiger partial charge in [0.15, 0.2) is 9.84 Å². The van der Waals surface area contributed by atoms with Crippen LogP contribution in [0.4, 0.5) is 0 Å². The first-order valence-corrected chi connectivity index (χ1v) is 10.4. The predicted octanol–water partition coefficient (Wildman–Crippen LogP) is 2.50. The Labute approximate surface area is 155 Å². The number of benzene rings is 2. The molecule has 0 spiro atoms. The first kappa shape index (κ1) is 20.1. The summed E-state index contributed by atoms with van der Waals surface area (Å²) in [4.78, 5) is 12.0. The van der Waals surface area contributed by atoms with Gasteiger partial charge in [0, 0.05) is 13.7 Å². The smallest absolute Gasteiger partial charge is 0.235 e. The van der Waals surface area contributed by atoms with E-state index in [0.29, 0.717) is 26.0 Å². The number of methoxy groups -OCH3 is 1. The molecule has 0 saturated carbocycles. The van der Waals surface area contributed by atoms with Crippen LogP contribution in [0.15, 0.2) is 54.6 Å². The van der Waals surface area contributed by atoms with Gasteiger partial charge < -0.3 is 10.1 Å². The van der Waals surface area contributed by atoms with E-state index in [2.05, 4.69) is 5.32 Å². The predicted molar refractivity (Wildman–Crippen MR) is 102 cm³/mol. The standard InChI is InChI=1S/C20H25NO4S/c1-25-15-19-10-5-9-18(13-19)14-21-20(22)16-26(23,24)12-6-11-17-7-3-2-4-8-17/h2-5,7-10,13H,6,11-12,14-16H2,1H3,(H,21,22). The van der Waals surface area contributed by atoms with E-state index < -0.39 is 21.5 Å². The maximum atomic E-state index is 12.1. The molecule has 0 radical (unpaired) electrons. The molecule has 26 heavy (non-hydrogen) atoms. The van der Waals surface area contributed by atoms with E-state index in [1.54, 1.807) is 7.11 Å². The van der Waals surface area contributed by atoms with Crippen molar-refractivity contribution in [1.29, 1.82) is 0 Å². The van der Waals surface area contributed by atoms with Gasteiger partial charge in [-0.05, 0) is 29.5 Å². The summed E-state index contributed by atoms with van der Waals surface area (Å²) in [6.45, 7) is 0.799. The Morgan fingerprint density at radius 3 is 2.42 bits per heavy atom. The molecule has 0 aromatic heterocycles. The molecule has 0 unspecified atom stereocenters. The summed E-state index contributed by atoms with van der Waals surface area (Å²) < 4.78 is 29.3. The first-order valence-electron chi connectivity index (χ1n) is 8.56. The maximum absolute atomic E-state index is 12.1. The third-order valence-corrected chi connectivity index (χ3v) is 5.52. The molecule has 2 aromatic rings. The van der Waals surface area contributed by atoms with Gasteiger partial charge in [-0.15, -0.1) is 0 Å². The number of ether oxygens (including phenoxy) is 1. The molecule has 2 aromatic carbocycles. The van der Waals surface area contributed by atoms with Crippen LogP contribution >= 0.6 is 0 Å². The van der Waals surface area contributed by atoms with Crippen LogP contribution in [0.3, 0.4) is 0 Å². The van der Waals surface area contributed by atoms with Crippen LogP contribution in [0.1, 0.15) is 23.1 Å². The normalized spacial score (nSPS) is 11.3. The van der Waals surface area contributed by atoms with Crippen LogP contribution in [0, 0.1) is 0 Å². The van der Waals surface area contributed by atoms with E-state index in [9.17, 15) is 13.2 Å². The van der Waals surface area contributed by atoms with Crippen molar-refractivity contribution in [2.75, 3.05) is 18.6 Å². The second kappa shape index (κ2) is 10.1. The van der Waals surface area contributed by atoms with Gasteiger partial charge in [-0.1, -0.05) is 54.6 Å². The van der Waals surface area contributed by atoms with E-state index in [1.165, 1.54) is 0 Å². The molecular weight excluding hydrogens is 350 g/mol. The topological polar surface area (TPSA) is 72.5 Å². The number of hydrogen-bond donors (Lipinski definition) is 1. The zero-order valence-electron chi connectivity index (χ0n) is 15.0. The van der Waals surface area contributed by atoms with Crippen molar-refractivity contribution in [3.8, 4) is 0 Å². The number of sulfone groups is 1. The van der Waals surface area contributed by atoms with Crippen molar-refractivity contribution in [2.45, 2.75) is 26.0 Å². The van der Waals surface area contributed by atoms with Crippen LogP contribution in [0.25, 0.3) is 0 Å². The summed E-state index contributed by atoms with van der Waals surface area (Å²) in [6.07, 6.45) is 1.20. The number of nitrogens with one attached hydrogen (secondary N) is 1. The zero-order chi connectivity index (χ0) is 18.8. The minimum atomic E-state index is -3.40. The van der Waals surface area contributed by atoms with E-state index in [1.807, 2.05) is 54.6 Å². The van der Waals surface area contributed by atoms with Gasteiger partial charge in [0.1, 0.15) is 5.75 Å². The summed E-state index contributed by atoms with van der Waals surface area (Å²) in [6, 6.07) is 17.4. The highest BCUT2D eigenvalue weighted by Crippen LogP contribution is 2.07. The van der Waals surface area contributed by atoms with Gasteiger partial charge in [-0.2, -0.15) is 0 Å². The number of rotatable bonds is 10. The molecule has 0 heterocycles. The van der Waals surface area contributed by atoms with Crippen LogP contribution in [0.2, 0.25) is 0 Å². The summed E-state index contributed by atoms with van der Waals surface area (Å²) in [7, 11) is -1.78. The first-order chi connectivity index (χ1) is 12.5. The number of carbonyl (C=O) groups excluding carboxylic acids is 1. The quantitative estimate of drug-likeness (QED) is 0.692. The van der Waals surface area contributed by atoms with Crippen LogP contribution in [-0.2, 0) is 38.9 Å². The molecule has 5 nitrogen and oxygen atoms in total. The largest absolute Gasteiger partial charge is 0.380 e. The summed E-state index contributed by atoms with van der Waals surface area (Å²) in [5.74, 6) is -0.931. The Morgan fingerprint density at radius 2 is 1.69 bits per heavy atom. The van der Waals surface area contributed by atoms with Gasteiger partial charge in [-0.25, -0.2) is 8.42 Å². The van der Waals surface area contributed by atoms with Crippen LogP contribution in [-0.4, -0.2) is 32.9 Å². The molecule has 140 valence electrons. The average Bonchev–Trinajstić information content (AvgIpc) is 2.61. The molecule has 0 aliphatic heterocycles. The lowest BCUT2D eigenvalue weighted by molar-refractivity contribution is -0.118. The second-order valence-corrected chi connectivity index (χ2v) is 8.39. The molecule has 2 rings (SSSR count). The van der Waals surface area contributed by atoms with Crippen LogP contribution in [0.5, 0.6) is 0 Å². The Morgan fingerprint density at radius 1 is 1.00 bits per heavy atom. The van der Waals surface area contributed by atoms with Crippen molar-refractivity contribution < 1.29 is 17.9 Å². The average molecular weight is 375 g/mol. The molecule has 0 aliphatic rings. The summed E-state index contributed by atoms with van der Waals surface area (Å²) in [5.41, 5.74) is 3.02. The molecule has 0 fully saturated rings. The fourth-order valence-electron chi connectivity index (χ4n) is 2.66. The van der Waals surface area contributed by atoms with E-state index in [0.717, 1.165) is 16.7 Å². The number of aryl methyl sites for hydroxylation is 1. The molecule has 0 aliphatic carbocycles. The minimum absolute atomic E-state index is 0.0125. The van der Waals surface area contributed by atoms with E-state index >= 15 is 0 Å². The van der Waals surface area contributed by atoms with E-state index in [4.69, 9.17) is 4.74 Å². The zero-order valence-corrected chi connectivity index (χ0v) is 15.8. The van der Waals surface area contributed by atoms with Crippen molar-refractivity contribution in [2.24, 2.45) is 0 Å². The minimum Gasteiger partial charge on any atom is -0.380 e. The Bertz CT molecular complexity index is 804. The van der Waals surface area contributed by atoms with Gasteiger partial charge in [0.05, 0.1) is 12.4 Å². The van der Waals surface area contributed by atoms with E-state index in [-0.39, 0.29) is 5.75 Å². The molecule has 0 saturated heterocycles. The number of hydrogen-bond acceptors (Lipinski definition) is 4. The molecule has 1 N–H and O–H groups in total. The third-order valence-electron chi connectivity index (χ3n) is 3.91. The molecule has 6 heteroatoms. The Balaban J connectivity index is 1.76. The summed E-state index contributed by atoms with van der Waals surface area (Å²) in [5, 5.41) is 2.67. The van der Waals surface area contributed by atoms with Crippen molar-refractivity contribution in [3.05, 3.63) is 71.3 Å². The molecule has 0 bridgehead atoms. The van der Waals surface area contributed by atoms with Gasteiger partial charge in [0.2, 0.25) is 5.91 Å². The van der Waals surface area contributed by atoms with Gasteiger partial charge in [0.25, 0.3) is 0 Å². The Kier molecular flexibility index (Phi) is 7.81. The monoisotopic (exact) mass is 375 g/mol. The summed E-state index contributed by atoms with van der Waals surface area (Å²) >= 11 is 0. The Hall–Kier alpha value is -2.18. The second-order valence-electron chi connectivity index (χ2n) is 6.21.